The summed E-state index contributed by atoms with van der Waals surface area (Å²) in [6.45, 7) is 3.97. The van der Waals surface area contributed by atoms with Crippen LogP contribution in [0.4, 0.5) is 11.4 Å². The summed E-state index contributed by atoms with van der Waals surface area (Å²) >= 11 is 0. The number of anilines is 2. The van der Waals surface area contributed by atoms with Crippen LogP contribution >= 0.6 is 0 Å². The largest absolute Gasteiger partial charge is 0.462 e. The van der Waals surface area contributed by atoms with Crippen LogP contribution in [0.1, 0.15) is 34.3 Å². The van der Waals surface area contributed by atoms with E-state index in [0.717, 1.165) is 29.7 Å². The summed E-state index contributed by atoms with van der Waals surface area (Å²) in [5.41, 5.74) is 3.90. The van der Waals surface area contributed by atoms with E-state index in [9.17, 15) is 14.4 Å². The predicted molar refractivity (Wildman–Crippen MR) is 112 cm³/mol. The highest BCUT2D eigenvalue weighted by atomic mass is 16.6. The van der Waals surface area contributed by atoms with Crippen molar-refractivity contribution in [3.05, 3.63) is 59.2 Å². The van der Waals surface area contributed by atoms with Gasteiger partial charge in [0.1, 0.15) is 6.10 Å². The molecule has 2 N–H and O–H groups in total. The van der Waals surface area contributed by atoms with E-state index >= 15 is 0 Å². The number of benzene rings is 2. The smallest absolute Gasteiger partial charge is 0.310 e. The second-order valence-corrected chi connectivity index (χ2v) is 8.82. The highest BCUT2D eigenvalue weighted by molar-refractivity contribution is 6.05. The molecule has 1 heterocycles. The average Bonchev–Trinajstić information content (AvgIpc) is 3.30. The molecule has 2 aromatic carbocycles. The molecule has 0 aromatic heterocycles. The van der Waals surface area contributed by atoms with Gasteiger partial charge in [0.15, 0.2) is 0 Å². The zero-order valence-corrected chi connectivity index (χ0v) is 17.0. The van der Waals surface area contributed by atoms with Crippen LogP contribution in [0.25, 0.3) is 0 Å². The SMILES string of the molecule is Cc1cc(C)cc(NC(=O)c2cccc(NC(=O)[C@@H]3[C@@H]4C[C@H]5[C@H]3C(=O)O[C@H]5C4)c2)c1. The molecule has 3 aliphatic rings. The molecule has 2 bridgehead atoms. The Bertz CT molecular complexity index is 1040. The Morgan fingerprint density at radius 1 is 0.967 bits per heavy atom. The molecular weight excluding hydrogens is 380 g/mol. The van der Waals surface area contributed by atoms with Crippen molar-refractivity contribution in [1.29, 1.82) is 0 Å². The maximum Gasteiger partial charge on any atom is 0.310 e. The lowest BCUT2D eigenvalue weighted by molar-refractivity contribution is -0.145. The molecule has 5 rings (SSSR count). The topological polar surface area (TPSA) is 84.5 Å². The predicted octanol–water partition coefficient (Wildman–Crippen LogP) is 3.69. The zero-order valence-electron chi connectivity index (χ0n) is 17.0. The number of ether oxygens (including phenoxy) is 1. The normalized spacial score (nSPS) is 28.3. The van der Waals surface area contributed by atoms with Crippen molar-refractivity contribution in [3.63, 3.8) is 0 Å². The summed E-state index contributed by atoms with van der Waals surface area (Å²) in [6.07, 6.45) is 1.68. The van der Waals surface area contributed by atoms with E-state index in [2.05, 4.69) is 10.6 Å². The monoisotopic (exact) mass is 404 g/mol. The molecule has 6 nitrogen and oxygen atoms in total. The molecule has 0 unspecified atom stereocenters. The van der Waals surface area contributed by atoms with E-state index < -0.39 is 0 Å². The first kappa shape index (κ1) is 18.9. The van der Waals surface area contributed by atoms with Gasteiger partial charge in [0.25, 0.3) is 5.91 Å². The lowest BCUT2D eigenvalue weighted by Crippen LogP contribution is -2.35. The molecule has 5 atom stereocenters. The second-order valence-electron chi connectivity index (χ2n) is 8.82. The third kappa shape index (κ3) is 3.16. The second kappa shape index (κ2) is 6.97. The van der Waals surface area contributed by atoms with Crippen LogP contribution in [0.2, 0.25) is 0 Å². The Balaban J connectivity index is 1.30. The van der Waals surface area contributed by atoms with Crippen molar-refractivity contribution in [2.75, 3.05) is 10.6 Å². The van der Waals surface area contributed by atoms with E-state index in [4.69, 9.17) is 4.74 Å². The molecule has 2 amide bonds. The van der Waals surface area contributed by atoms with Crippen LogP contribution in [-0.2, 0) is 14.3 Å². The summed E-state index contributed by atoms with van der Waals surface area (Å²) in [5.74, 6) is -0.888. The minimum absolute atomic E-state index is 0.00818. The van der Waals surface area contributed by atoms with Gasteiger partial charge in [-0.25, -0.2) is 0 Å². The standard InChI is InChI=1S/C24H24N2O4/c1-12-6-13(2)8-17(7-12)26-22(27)14-4-3-5-16(9-14)25-23(28)20-15-10-18-19(11-15)30-24(29)21(18)20/h3-9,15,18-21H,10-11H2,1-2H3,(H,25,28)(H,26,27)/t15-,18-,19+,20-,21-/m1/s1. The number of nitrogens with one attached hydrogen (secondary N) is 2. The van der Waals surface area contributed by atoms with Crippen LogP contribution in [0, 0.1) is 37.5 Å². The van der Waals surface area contributed by atoms with E-state index in [0.29, 0.717) is 11.3 Å². The first-order valence-electron chi connectivity index (χ1n) is 10.4. The van der Waals surface area contributed by atoms with Crippen molar-refractivity contribution in [2.24, 2.45) is 23.7 Å². The number of fused-ring (bicyclic) bond motifs is 1. The Hall–Kier alpha value is -3.15. The van der Waals surface area contributed by atoms with Crippen LogP contribution in [0.15, 0.2) is 42.5 Å². The molecule has 2 saturated carbocycles. The van der Waals surface area contributed by atoms with Gasteiger partial charge >= 0.3 is 5.97 Å². The Morgan fingerprint density at radius 3 is 2.50 bits per heavy atom. The van der Waals surface area contributed by atoms with Gasteiger partial charge in [-0.2, -0.15) is 0 Å². The van der Waals surface area contributed by atoms with E-state index in [1.165, 1.54) is 0 Å². The minimum atomic E-state index is -0.339. The van der Waals surface area contributed by atoms with Gasteiger partial charge in [0, 0.05) is 22.9 Å². The molecule has 1 aliphatic heterocycles. The number of esters is 1. The van der Waals surface area contributed by atoms with Gasteiger partial charge in [-0.1, -0.05) is 12.1 Å². The van der Waals surface area contributed by atoms with Crippen molar-refractivity contribution in [1.82, 2.24) is 0 Å². The number of amides is 2. The third-order valence-electron chi connectivity index (χ3n) is 6.66. The number of hydrogen-bond donors (Lipinski definition) is 2. The number of aryl methyl sites for hydroxylation is 2. The maximum absolute atomic E-state index is 13.0. The summed E-state index contributed by atoms with van der Waals surface area (Å²) in [4.78, 5) is 37.8. The lowest BCUT2D eigenvalue weighted by Gasteiger charge is -2.23. The quantitative estimate of drug-likeness (QED) is 0.761. The van der Waals surface area contributed by atoms with Crippen molar-refractivity contribution >= 4 is 29.2 Å². The molecule has 6 heteroatoms. The maximum atomic E-state index is 13.0. The van der Waals surface area contributed by atoms with Crippen LogP contribution in [0.3, 0.4) is 0 Å². The van der Waals surface area contributed by atoms with Gasteiger partial charge in [0.2, 0.25) is 5.91 Å². The number of carbonyl (C=O) groups is 3. The number of rotatable bonds is 4. The average molecular weight is 404 g/mol. The third-order valence-corrected chi connectivity index (χ3v) is 6.66. The summed E-state index contributed by atoms with van der Waals surface area (Å²) < 4.78 is 5.42. The molecule has 154 valence electrons. The summed E-state index contributed by atoms with van der Waals surface area (Å²) in [5, 5.41) is 5.83. The lowest BCUT2D eigenvalue weighted by atomic mass is 9.79. The van der Waals surface area contributed by atoms with Gasteiger partial charge in [0.05, 0.1) is 11.8 Å². The fourth-order valence-electron chi connectivity index (χ4n) is 5.58. The summed E-state index contributed by atoms with van der Waals surface area (Å²) in [7, 11) is 0. The summed E-state index contributed by atoms with van der Waals surface area (Å²) in [6, 6.07) is 12.8. The van der Waals surface area contributed by atoms with Crippen LogP contribution in [-0.4, -0.2) is 23.9 Å². The van der Waals surface area contributed by atoms with E-state index in [-0.39, 0.29) is 47.6 Å². The van der Waals surface area contributed by atoms with E-state index in [1.54, 1.807) is 24.3 Å². The van der Waals surface area contributed by atoms with Gasteiger partial charge < -0.3 is 15.4 Å². The Morgan fingerprint density at radius 2 is 1.73 bits per heavy atom. The first-order valence-corrected chi connectivity index (χ1v) is 10.4. The van der Waals surface area contributed by atoms with Crippen LogP contribution < -0.4 is 10.6 Å². The zero-order chi connectivity index (χ0) is 21.0. The fourth-order valence-corrected chi connectivity index (χ4v) is 5.58. The molecule has 1 saturated heterocycles. The number of hydrogen-bond acceptors (Lipinski definition) is 4. The Kier molecular flexibility index (Phi) is 4.38. The van der Waals surface area contributed by atoms with Crippen molar-refractivity contribution in [3.8, 4) is 0 Å². The molecule has 0 spiro atoms. The molecule has 0 radical (unpaired) electrons. The first-order chi connectivity index (χ1) is 14.4. The molecule has 30 heavy (non-hydrogen) atoms. The Labute approximate surface area is 175 Å². The van der Waals surface area contributed by atoms with Crippen molar-refractivity contribution in [2.45, 2.75) is 32.8 Å². The van der Waals surface area contributed by atoms with Gasteiger partial charge in [-0.15, -0.1) is 0 Å². The molecule has 3 fully saturated rings. The fraction of sp³-hybridized carbons (Fsp3) is 0.375. The molecular formula is C24H24N2O4. The van der Waals surface area contributed by atoms with E-state index in [1.807, 2.05) is 32.0 Å². The minimum Gasteiger partial charge on any atom is -0.462 e. The van der Waals surface area contributed by atoms with Crippen molar-refractivity contribution < 1.29 is 19.1 Å². The number of carbonyl (C=O) groups excluding carboxylic acids is 3. The highest BCUT2D eigenvalue weighted by Crippen LogP contribution is 2.57. The molecule has 2 aromatic rings. The van der Waals surface area contributed by atoms with Gasteiger partial charge in [-0.3, -0.25) is 14.4 Å². The molecule has 2 aliphatic carbocycles. The van der Waals surface area contributed by atoms with Gasteiger partial charge in [-0.05, 0) is 74.1 Å². The highest BCUT2D eigenvalue weighted by Gasteiger charge is 2.63. The van der Waals surface area contributed by atoms with Crippen LogP contribution in [0.5, 0.6) is 0 Å².